The molecular weight excluding hydrogens is 210 g/mol. The van der Waals surface area contributed by atoms with Gasteiger partial charge in [0.2, 0.25) is 0 Å². The lowest BCUT2D eigenvalue weighted by atomic mass is 9.78. The Balaban J connectivity index is 2.42. The maximum atomic E-state index is 5.83. The molecule has 1 aliphatic rings. The molecule has 0 aromatic rings. The van der Waals surface area contributed by atoms with Gasteiger partial charge in [-0.1, -0.05) is 26.7 Å². The summed E-state index contributed by atoms with van der Waals surface area (Å²) < 4.78 is 5.83. The molecule has 2 nitrogen and oxygen atoms in total. The van der Waals surface area contributed by atoms with E-state index in [-0.39, 0.29) is 0 Å². The van der Waals surface area contributed by atoms with Gasteiger partial charge in [0.1, 0.15) is 0 Å². The summed E-state index contributed by atoms with van der Waals surface area (Å²) >= 11 is 0. The van der Waals surface area contributed by atoms with Crippen LogP contribution >= 0.6 is 0 Å². The van der Waals surface area contributed by atoms with E-state index in [4.69, 9.17) is 4.74 Å². The van der Waals surface area contributed by atoms with Crippen molar-refractivity contribution < 1.29 is 4.74 Å². The second-order valence-electron chi connectivity index (χ2n) is 5.97. The average Bonchev–Trinajstić information content (AvgIpc) is 2.29. The lowest BCUT2D eigenvalue weighted by Crippen LogP contribution is -2.42. The van der Waals surface area contributed by atoms with Gasteiger partial charge in [-0.15, -0.1) is 0 Å². The maximum Gasteiger partial charge on any atom is 0.0625 e. The minimum absolute atomic E-state index is 0.349. The summed E-state index contributed by atoms with van der Waals surface area (Å²) in [6.07, 6.45) is 7.14. The van der Waals surface area contributed by atoms with E-state index in [1.165, 1.54) is 32.1 Å². The molecule has 1 aliphatic carbocycles. The Labute approximate surface area is 108 Å². The van der Waals surface area contributed by atoms with Crippen molar-refractivity contribution in [3.8, 4) is 0 Å². The van der Waals surface area contributed by atoms with Gasteiger partial charge in [-0.3, -0.25) is 0 Å². The van der Waals surface area contributed by atoms with E-state index in [0.717, 1.165) is 25.0 Å². The summed E-state index contributed by atoms with van der Waals surface area (Å²) in [5.41, 5.74) is 0. The summed E-state index contributed by atoms with van der Waals surface area (Å²) in [6, 6.07) is 0.570. The fraction of sp³-hybridized carbons (Fsp3) is 1.00. The van der Waals surface area contributed by atoms with Gasteiger partial charge in [0.05, 0.1) is 12.7 Å². The van der Waals surface area contributed by atoms with Gasteiger partial charge in [0.25, 0.3) is 0 Å². The van der Waals surface area contributed by atoms with Crippen molar-refractivity contribution in [3.63, 3.8) is 0 Å². The second kappa shape index (κ2) is 8.10. The smallest absolute Gasteiger partial charge is 0.0625 e. The largest absolute Gasteiger partial charge is 0.377 e. The Morgan fingerprint density at radius 2 is 2.06 bits per heavy atom. The van der Waals surface area contributed by atoms with E-state index in [0.29, 0.717) is 12.1 Å². The van der Waals surface area contributed by atoms with Crippen LogP contribution in [0.5, 0.6) is 0 Å². The zero-order chi connectivity index (χ0) is 12.7. The van der Waals surface area contributed by atoms with E-state index in [1.54, 1.807) is 0 Å². The summed E-state index contributed by atoms with van der Waals surface area (Å²) in [4.78, 5) is 0. The number of hydrogen-bond acceptors (Lipinski definition) is 2. The highest BCUT2D eigenvalue weighted by Gasteiger charge is 2.26. The van der Waals surface area contributed by atoms with Gasteiger partial charge >= 0.3 is 0 Å². The first kappa shape index (κ1) is 15.0. The van der Waals surface area contributed by atoms with Crippen LogP contribution in [0.1, 0.15) is 59.8 Å². The predicted octanol–water partition coefficient (Wildman–Crippen LogP) is 3.61. The zero-order valence-corrected chi connectivity index (χ0v) is 12.2. The highest BCUT2D eigenvalue weighted by atomic mass is 16.5. The van der Waals surface area contributed by atoms with Gasteiger partial charge in [-0.25, -0.2) is 0 Å². The summed E-state index contributed by atoms with van der Waals surface area (Å²) in [7, 11) is 0. The molecule has 0 heterocycles. The Kier molecular flexibility index (Phi) is 7.14. The molecular formula is C15H31NO. The van der Waals surface area contributed by atoms with E-state index in [1.807, 2.05) is 0 Å². The van der Waals surface area contributed by atoms with Crippen LogP contribution in [0.2, 0.25) is 0 Å². The van der Waals surface area contributed by atoms with E-state index < -0.39 is 0 Å². The summed E-state index contributed by atoms with van der Waals surface area (Å²) in [5, 5.41) is 3.69. The van der Waals surface area contributed by atoms with E-state index in [2.05, 4.69) is 33.0 Å². The van der Waals surface area contributed by atoms with Crippen LogP contribution in [0.3, 0.4) is 0 Å². The first-order chi connectivity index (χ1) is 8.13. The van der Waals surface area contributed by atoms with Crippen LogP contribution in [0.15, 0.2) is 0 Å². The number of nitrogens with one attached hydrogen (secondary N) is 1. The summed E-state index contributed by atoms with van der Waals surface area (Å²) in [5.74, 6) is 1.72. The monoisotopic (exact) mass is 241 g/mol. The SMILES string of the molecule is CCCNC(COC(C)C)C1CCCC(C)C1. The molecule has 0 aromatic heterocycles. The Morgan fingerprint density at radius 1 is 1.29 bits per heavy atom. The highest BCUT2D eigenvalue weighted by Crippen LogP contribution is 2.31. The second-order valence-corrected chi connectivity index (χ2v) is 5.97. The van der Waals surface area contributed by atoms with Crippen molar-refractivity contribution in [1.29, 1.82) is 0 Å². The lowest BCUT2D eigenvalue weighted by Gasteiger charge is -2.34. The van der Waals surface area contributed by atoms with Crippen molar-refractivity contribution in [1.82, 2.24) is 5.32 Å². The van der Waals surface area contributed by atoms with Crippen molar-refractivity contribution in [3.05, 3.63) is 0 Å². The molecule has 3 unspecified atom stereocenters. The Morgan fingerprint density at radius 3 is 2.65 bits per heavy atom. The molecule has 17 heavy (non-hydrogen) atoms. The normalized spacial score (nSPS) is 27.4. The van der Waals surface area contributed by atoms with Crippen molar-refractivity contribution in [2.24, 2.45) is 11.8 Å². The predicted molar refractivity (Wildman–Crippen MR) is 74.3 cm³/mol. The number of ether oxygens (including phenoxy) is 1. The molecule has 1 N–H and O–H groups in total. The van der Waals surface area contributed by atoms with Gasteiger partial charge in [0.15, 0.2) is 0 Å². The van der Waals surface area contributed by atoms with E-state index >= 15 is 0 Å². The third-order valence-electron chi connectivity index (χ3n) is 3.81. The van der Waals surface area contributed by atoms with E-state index in [9.17, 15) is 0 Å². The van der Waals surface area contributed by atoms with Crippen LogP contribution in [0.4, 0.5) is 0 Å². The molecule has 0 spiro atoms. The molecule has 0 amide bonds. The Bertz CT molecular complexity index is 193. The molecule has 0 saturated heterocycles. The zero-order valence-electron chi connectivity index (χ0n) is 12.2. The van der Waals surface area contributed by atoms with Crippen molar-refractivity contribution >= 4 is 0 Å². The molecule has 0 aromatic carbocycles. The van der Waals surface area contributed by atoms with Crippen LogP contribution in [0, 0.1) is 11.8 Å². The van der Waals surface area contributed by atoms with Crippen LogP contribution in [0.25, 0.3) is 0 Å². The third-order valence-corrected chi connectivity index (χ3v) is 3.81. The maximum absolute atomic E-state index is 5.83. The molecule has 1 fully saturated rings. The van der Waals surface area contributed by atoms with Crippen molar-refractivity contribution in [2.75, 3.05) is 13.2 Å². The minimum atomic E-state index is 0.349. The lowest BCUT2D eigenvalue weighted by molar-refractivity contribution is 0.0397. The molecule has 0 bridgehead atoms. The van der Waals surface area contributed by atoms with Gasteiger partial charge in [0, 0.05) is 6.04 Å². The molecule has 3 atom stereocenters. The fourth-order valence-electron chi connectivity index (χ4n) is 2.83. The fourth-order valence-corrected chi connectivity index (χ4v) is 2.83. The number of hydrogen-bond donors (Lipinski definition) is 1. The van der Waals surface area contributed by atoms with Crippen molar-refractivity contribution in [2.45, 2.75) is 71.9 Å². The average molecular weight is 241 g/mol. The Hall–Kier alpha value is -0.0800. The quantitative estimate of drug-likeness (QED) is 0.735. The summed E-state index contributed by atoms with van der Waals surface area (Å²) in [6.45, 7) is 10.9. The van der Waals surface area contributed by atoms with Gasteiger partial charge in [-0.05, 0) is 51.5 Å². The first-order valence-corrected chi connectivity index (χ1v) is 7.48. The highest BCUT2D eigenvalue weighted by molar-refractivity contribution is 4.81. The minimum Gasteiger partial charge on any atom is -0.377 e. The van der Waals surface area contributed by atoms with Crippen LogP contribution in [-0.2, 0) is 4.74 Å². The number of rotatable bonds is 7. The molecule has 2 heteroatoms. The molecule has 0 aliphatic heterocycles. The topological polar surface area (TPSA) is 21.3 Å². The molecule has 102 valence electrons. The van der Waals surface area contributed by atoms with Crippen LogP contribution in [-0.4, -0.2) is 25.3 Å². The molecule has 1 rings (SSSR count). The van der Waals surface area contributed by atoms with Crippen LogP contribution < -0.4 is 5.32 Å². The third kappa shape index (κ3) is 5.87. The molecule has 1 saturated carbocycles. The molecule has 0 radical (unpaired) electrons. The standard InChI is InChI=1S/C15H31NO/c1-5-9-16-15(11-17-12(2)3)14-8-6-7-13(4)10-14/h12-16H,5-11H2,1-4H3. The van der Waals surface area contributed by atoms with Gasteiger partial charge in [-0.2, -0.15) is 0 Å². The first-order valence-electron chi connectivity index (χ1n) is 7.48. The van der Waals surface area contributed by atoms with Gasteiger partial charge < -0.3 is 10.1 Å².